The molecular formula is C16H18O3. The average Bonchev–Trinajstić information content (AvgIpc) is 2.44. The maximum atomic E-state index is 11.2. The minimum atomic E-state index is -0.162. The van der Waals surface area contributed by atoms with Crippen LogP contribution in [-0.2, 0) is 9.53 Å². The Morgan fingerprint density at radius 1 is 1.11 bits per heavy atom. The first kappa shape index (κ1) is 13.4. The molecule has 0 N–H and O–H groups in total. The van der Waals surface area contributed by atoms with E-state index in [9.17, 15) is 4.79 Å². The predicted octanol–water partition coefficient (Wildman–Crippen LogP) is 3.56. The van der Waals surface area contributed by atoms with Gasteiger partial charge in [0.05, 0.1) is 13.2 Å². The summed E-state index contributed by atoms with van der Waals surface area (Å²) in [6, 6.07) is 14.2. The summed E-state index contributed by atoms with van der Waals surface area (Å²) in [6.07, 6.45) is 1.08. The van der Waals surface area contributed by atoms with Crippen LogP contribution in [0.5, 0.6) is 5.75 Å². The van der Waals surface area contributed by atoms with Crippen molar-refractivity contribution in [3.05, 3.63) is 42.5 Å². The Morgan fingerprint density at radius 2 is 1.89 bits per heavy atom. The maximum Gasteiger partial charge on any atom is 0.305 e. The number of carbonyl (C=O) groups is 1. The molecule has 0 aromatic heterocycles. The largest absolute Gasteiger partial charge is 0.494 e. The van der Waals surface area contributed by atoms with Crippen molar-refractivity contribution in [2.24, 2.45) is 0 Å². The van der Waals surface area contributed by atoms with Crippen LogP contribution in [0.3, 0.4) is 0 Å². The highest BCUT2D eigenvalue weighted by molar-refractivity contribution is 5.83. The van der Waals surface area contributed by atoms with Crippen LogP contribution < -0.4 is 4.74 Å². The first-order valence-corrected chi connectivity index (χ1v) is 6.57. The van der Waals surface area contributed by atoms with Crippen LogP contribution in [0.2, 0.25) is 0 Å². The van der Waals surface area contributed by atoms with Gasteiger partial charge in [0, 0.05) is 6.42 Å². The van der Waals surface area contributed by atoms with Crippen molar-refractivity contribution in [2.75, 3.05) is 13.2 Å². The van der Waals surface area contributed by atoms with E-state index in [1.54, 1.807) is 0 Å². The molecule has 0 aliphatic heterocycles. The number of hydrogen-bond donors (Lipinski definition) is 0. The Bertz CT molecular complexity index is 548. The summed E-state index contributed by atoms with van der Waals surface area (Å²) in [5.41, 5.74) is 0. The van der Waals surface area contributed by atoms with Crippen LogP contribution >= 0.6 is 0 Å². The molecule has 3 nitrogen and oxygen atoms in total. The van der Waals surface area contributed by atoms with Gasteiger partial charge in [-0.3, -0.25) is 4.79 Å². The van der Waals surface area contributed by atoms with E-state index in [1.165, 1.54) is 5.39 Å². The van der Waals surface area contributed by atoms with Gasteiger partial charge in [0.2, 0.25) is 0 Å². The van der Waals surface area contributed by atoms with Gasteiger partial charge >= 0.3 is 5.97 Å². The van der Waals surface area contributed by atoms with Crippen LogP contribution in [0.4, 0.5) is 0 Å². The van der Waals surface area contributed by atoms with E-state index >= 15 is 0 Å². The van der Waals surface area contributed by atoms with E-state index in [0.29, 0.717) is 26.1 Å². The third-order valence-electron chi connectivity index (χ3n) is 2.82. The van der Waals surface area contributed by atoms with Crippen molar-refractivity contribution in [3.63, 3.8) is 0 Å². The lowest BCUT2D eigenvalue weighted by atomic mass is 10.1. The number of rotatable bonds is 6. The molecular weight excluding hydrogens is 240 g/mol. The van der Waals surface area contributed by atoms with E-state index in [0.717, 1.165) is 11.1 Å². The molecule has 0 radical (unpaired) electrons. The van der Waals surface area contributed by atoms with Crippen molar-refractivity contribution in [2.45, 2.75) is 19.8 Å². The Morgan fingerprint density at radius 3 is 2.68 bits per heavy atom. The van der Waals surface area contributed by atoms with Gasteiger partial charge in [0.1, 0.15) is 5.75 Å². The third-order valence-corrected chi connectivity index (χ3v) is 2.82. The molecule has 0 atom stereocenters. The highest BCUT2D eigenvalue weighted by atomic mass is 16.5. The smallest absolute Gasteiger partial charge is 0.305 e. The second kappa shape index (κ2) is 6.78. The first-order valence-electron chi connectivity index (χ1n) is 6.57. The van der Waals surface area contributed by atoms with Crippen molar-refractivity contribution in [1.82, 2.24) is 0 Å². The fraction of sp³-hybridized carbons (Fsp3) is 0.312. The zero-order valence-electron chi connectivity index (χ0n) is 11.1. The molecule has 0 heterocycles. The van der Waals surface area contributed by atoms with Crippen molar-refractivity contribution < 1.29 is 14.3 Å². The molecule has 0 saturated carbocycles. The Balaban J connectivity index is 1.83. The van der Waals surface area contributed by atoms with Gasteiger partial charge in [-0.05, 0) is 36.2 Å². The zero-order valence-corrected chi connectivity index (χ0v) is 11.1. The molecule has 0 aliphatic carbocycles. The molecule has 3 heteroatoms. The molecule has 19 heavy (non-hydrogen) atoms. The molecule has 0 spiro atoms. The van der Waals surface area contributed by atoms with E-state index in [2.05, 4.69) is 12.1 Å². The maximum absolute atomic E-state index is 11.2. The van der Waals surface area contributed by atoms with Gasteiger partial charge in [-0.25, -0.2) is 0 Å². The number of benzene rings is 2. The minimum Gasteiger partial charge on any atom is -0.494 e. The molecule has 0 bridgehead atoms. The number of esters is 1. The standard InChI is InChI=1S/C16H18O3/c1-2-18-16(17)8-5-11-19-15-10-9-13-6-3-4-7-14(13)12-15/h3-4,6-7,9-10,12H,2,5,8,11H2,1H3. The lowest BCUT2D eigenvalue weighted by Gasteiger charge is -2.07. The van der Waals surface area contributed by atoms with E-state index in [-0.39, 0.29) is 5.97 Å². The fourth-order valence-electron chi connectivity index (χ4n) is 1.90. The fourth-order valence-corrected chi connectivity index (χ4v) is 1.90. The SMILES string of the molecule is CCOC(=O)CCCOc1ccc2ccccc2c1. The topological polar surface area (TPSA) is 35.5 Å². The van der Waals surface area contributed by atoms with Crippen LogP contribution in [-0.4, -0.2) is 19.2 Å². The van der Waals surface area contributed by atoms with E-state index in [1.807, 2.05) is 37.3 Å². The first-order chi connectivity index (χ1) is 9.29. The van der Waals surface area contributed by atoms with Crippen molar-refractivity contribution >= 4 is 16.7 Å². The summed E-state index contributed by atoms with van der Waals surface area (Å²) in [4.78, 5) is 11.2. The van der Waals surface area contributed by atoms with Crippen LogP contribution in [0.15, 0.2) is 42.5 Å². The molecule has 0 fully saturated rings. The summed E-state index contributed by atoms with van der Waals surface area (Å²) < 4.78 is 10.5. The summed E-state index contributed by atoms with van der Waals surface area (Å²) in [5.74, 6) is 0.673. The minimum absolute atomic E-state index is 0.162. The Labute approximate surface area is 113 Å². The quantitative estimate of drug-likeness (QED) is 0.587. The van der Waals surface area contributed by atoms with Gasteiger partial charge < -0.3 is 9.47 Å². The van der Waals surface area contributed by atoms with E-state index < -0.39 is 0 Å². The molecule has 100 valence electrons. The molecule has 2 aromatic rings. The molecule has 0 saturated heterocycles. The highest BCUT2D eigenvalue weighted by Crippen LogP contribution is 2.20. The van der Waals surface area contributed by atoms with Crippen LogP contribution in [0, 0.1) is 0 Å². The lowest BCUT2D eigenvalue weighted by Crippen LogP contribution is -2.06. The van der Waals surface area contributed by atoms with E-state index in [4.69, 9.17) is 9.47 Å². The average molecular weight is 258 g/mol. The summed E-state index contributed by atoms with van der Waals surface area (Å²) in [5, 5.41) is 2.35. The van der Waals surface area contributed by atoms with Gasteiger partial charge in [0.25, 0.3) is 0 Å². The number of ether oxygens (including phenoxy) is 2. The van der Waals surface area contributed by atoms with Crippen molar-refractivity contribution in [3.8, 4) is 5.75 Å². The number of carbonyl (C=O) groups excluding carboxylic acids is 1. The summed E-state index contributed by atoms with van der Waals surface area (Å²) >= 11 is 0. The molecule has 0 unspecified atom stereocenters. The normalized spacial score (nSPS) is 10.4. The predicted molar refractivity (Wildman–Crippen MR) is 75.3 cm³/mol. The molecule has 0 amide bonds. The highest BCUT2D eigenvalue weighted by Gasteiger charge is 2.02. The van der Waals surface area contributed by atoms with Crippen LogP contribution in [0.1, 0.15) is 19.8 Å². The number of fused-ring (bicyclic) bond motifs is 1. The summed E-state index contributed by atoms with van der Waals surface area (Å²) in [6.45, 7) is 2.77. The zero-order chi connectivity index (χ0) is 13.5. The molecule has 2 aromatic carbocycles. The second-order valence-corrected chi connectivity index (χ2v) is 4.27. The Kier molecular flexibility index (Phi) is 4.78. The molecule has 2 rings (SSSR count). The second-order valence-electron chi connectivity index (χ2n) is 4.27. The van der Waals surface area contributed by atoms with Gasteiger partial charge in [-0.15, -0.1) is 0 Å². The van der Waals surface area contributed by atoms with Gasteiger partial charge in [-0.2, -0.15) is 0 Å². The number of hydrogen-bond acceptors (Lipinski definition) is 3. The third kappa shape index (κ3) is 3.98. The lowest BCUT2D eigenvalue weighted by molar-refractivity contribution is -0.143. The monoisotopic (exact) mass is 258 g/mol. The van der Waals surface area contributed by atoms with Crippen molar-refractivity contribution in [1.29, 1.82) is 0 Å². The van der Waals surface area contributed by atoms with Gasteiger partial charge in [-0.1, -0.05) is 30.3 Å². The van der Waals surface area contributed by atoms with Gasteiger partial charge in [0.15, 0.2) is 0 Å². The Hall–Kier alpha value is -2.03. The molecule has 0 aliphatic rings. The van der Waals surface area contributed by atoms with Crippen LogP contribution in [0.25, 0.3) is 10.8 Å². The summed E-state index contributed by atoms with van der Waals surface area (Å²) in [7, 11) is 0.